The molecular weight excluding hydrogens is 276 g/mol. The molecule has 1 heterocycles. The number of hydrogen-bond donors (Lipinski definition) is 2. The van der Waals surface area contributed by atoms with Crippen LogP contribution < -0.4 is 10.6 Å². The van der Waals surface area contributed by atoms with E-state index in [4.69, 9.17) is 0 Å². The van der Waals surface area contributed by atoms with Gasteiger partial charge in [0.25, 0.3) is 5.91 Å². The van der Waals surface area contributed by atoms with Gasteiger partial charge in [-0.3, -0.25) is 4.79 Å². The summed E-state index contributed by atoms with van der Waals surface area (Å²) in [5, 5.41) is 13.8. The van der Waals surface area contributed by atoms with Gasteiger partial charge >= 0.3 is 0 Å². The summed E-state index contributed by atoms with van der Waals surface area (Å²) in [5.74, 6) is 0.425. The molecule has 1 aromatic heterocycles. The fourth-order valence-electron chi connectivity index (χ4n) is 2.41. The molecule has 0 fully saturated rings. The second-order valence-corrected chi connectivity index (χ2v) is 5.94. The van der Waals surface area contributed by atoms with Gasteiger partial charge in [0.2, 0.25) is 0 Å². The van der Waals surface area contributed by atoms with Crippen molar-refractivity contribution in [1.29, 1.82) is 0 Å². The van der Waals surface area contributed by atoms with Crippen LogP contribution in [-0.4, -0.2) is 29.7 Å². The van der Waals surface area contributed by atoms with Gasteiger partial charge in [-0.05, 0) is 30.2 Å². The van der Waals surface area contributed by atoms with Crippen LogP contribution in [0.25, 0.3) is 0 Å². The molecule has 22 heavy (non-hydrogen) atoms. The van der Waals surface area contributed by atoms with Gasteiger partial charge in [0.15, 0.2) is 5.69 Å². The number of rotatable bonds is 5. The van der Waals surface area contributed by atoms with Gasteiger partial charge in [-0.25, -0.2) is 0 Å². The van der Waals surface area contributed by atoms with E-state index in [9.17, 15) is 4.79 Å². The summed E-state index contributed by atoms with van der Waals surface area (Å²) >= 11 is 0. The number of carbonyl (C=O) groups is 1. The van der Waals surface area contributed by atoms with Crippen LogP contribution in [0, 0.1) is 6.92 Å². The van der Waals surface area contributed by atoms with Crippen molar-refractivity contribution in [2.24, 2.45) is 0 Å². The Morgan fingerprint density at radius 1 is 1.14 bits per heavy atom. The van der Waals surface area contributed by atoms with Crippen molar-refractivity contribution in [3.05, 3.63) is 53.2 Å². The normalized spacial score (nSPS) is 11.1. The highest BCUT2D eigenvalue weighted by atomic mass is 16.1. The summed E-state index contributed by atoms with van der Waals surface area (Å²) in [6, 6.07) is 11.8. The van der Waals surface area contributed by atoms with Crippen molar-refractivity contribution < 1.29 is 4.79 Å². The minimum atomic E-state index is -0.237. The Hall–Kier alpha value is -2.43. The van der Waals surface area contributed by atoms with Crippen LogP contribution in [0.2, 0.25) is 0 Å². The number of aromatic nitrogens is 2. The van der Waals surface area contributed by atoms with Gasteiger partial charge in [0, 0.05) is 19.0 Å². The van der Waals surface area contributed by atoms with Gasteiger partial charge in [0.1, 0.15) is 5.82 Å². The first-order valence-electron chi connectivity index (χ1n) is 7.30. The lowest BCUT2D eigenvalue weighted by molar-refractivity contribution is 0.0957. The Morgan fingerprint density at radius 3 is 2.45 bits per heavy atom. The van der Waals surface area contributed by atoms with E-state index < -0.39 is 0 Å². The number of hydrogen-bond acceptors (Lipinski definition) is 4. The largest absolute Gasteiger partial charge is 0.368 e. The van der Waals surface area contributed by atoms with Crippen molar-refractivity contribution in [3.8, 4) is 0 Å². The molecule has 0 radical (unpaired) electrons. The van der Waals surface area contributed by atoms with E-state index >= 15 is 0 Å². The minimum absolute atomic E-state index is 0.0352. The molecule has 0 bridgehead atoms. The van der Waals surface area contributed by atoms with Crippen molar-refractivity contribution in [2.75, 3.05) is 18.9 Å². The van der Waals surface area contributed by atoms with E-state index in [0.29, 0.717) is 11.5 Å². The summed E-state index contributed by atoms with van der Waals surface area (Å²) in [6.45, 7) is 7.23. The molecule has 2 N–H and O–H groups in total. The standard InChI is InChI=1S/C17H22N4O/c1-12-7-5-6-8-13(12)17(2,3)11-19-15-10-9-14(20-21-15)16(22)18-4/h5-10H,11H2,1-4H3,(H,18,22)(H,19,21). The molecule has 0 aliphatic rings. The van der Waals surface area contributed by atoms with E-state index in [0.717, 1.165) is 6.54 Å². The summed E-state index contributed by atoms with van der Waals surface area (Å²) in [5.41, 5.74) is 2.85. The lowest BCUT2D eigenvalue weighted by Crippen LogP contribution is -2.29. The molecule has 2 rings (SSSR count). The second kappa shape index (κ2) is 6.56. The monoisotopic (exact) mass is 298 g/mol. The molecule has 0 saturated carbocycles. The topological polar surface area (TPSA) is 66.9 Å². The third-order valence-corrected chi connectivity index (χ3v) is 3.71. The maximum atomic E-state index is 11.4. The van der Waals surface area contributed by atoms with Gasteiger partial charge in [-0.2, -0.15) is 0 Å². The highest BCUT2D eigenvalue weighted by Gasteiger charge is 2.22. The van der Waals surface area contributed by atoms with E-state index in [2.05, 4.69) is 59.8 Å². The fraction of sp³-hybridized carbons (Fsp3) is 0.353. The maximum Gasteiger partial charge on any atom is 0.271 e. The predicted octanol–water partition coefficient (Wildman–Crippen LogP) is 2.53. The van der Waals surface area contributed by atoms with E-state index in [1.807, 2.05) is 6.07 Å². The molecule has 2 aromatic rings. The lowest BCUT2D eigenvalue weighted by Gasteiger charge is -2.27. The zero-order chi connectivity index (χ0) is 16.2. The third-order valence-electron chi connectivity index (χ3n) is 3.71. The smallest absolute Gasteiger partial charge is 0.271 e. The second-order valence-electron chi connectivity index (χ2n) is 5.94. The first-order chi connectivity index (χ1) is 10.4. The number of aryl methyl sites for hydroxylation is 1. The summed E-state index contributed by atoms with van der Waals surface area (Å²) in [6.07, 6.45) is 0. The SMILES string of the molecule is CNC(=O)c1ccc(NCC(C)(C)c2ccccc2C)nn1. The Kier molecular flexibility index (Phi) is 4.75. The first kappa shape index (κ1) is 15.9. The highest BCUT2D eigenvalue weighted by Crippen LogP contribution is 2.26. The van der Waals surface area contributed by atoms with Crippen LogP contribution in [0.5, 0.6) is 0 Å². The van der Waals surface area contributed by atoms with Crippen LogP contribution in [0.4, 0.5) is 5.82 Å². The molecule has 1 amide bonds. The highest BCUT2D eigenvalue weighted by molar-refractivity contribution is 5.91. The van der Waals surface area contributed by atoms with Gasteiger partial charge < -0.3 is 10.6 Å². The molecule has 5 heteroatoms. The summed E-state index contributed by atoms with van der Waals surface area (Å²) in [4.78, 5) is 11.4. The van der Waals surface area contributed by atoms with Crippen molar-refractivity contribution in [2.45, 2.75) is 26.2 Å². The van der Waals surface area contributed by atoms with Crippen LogP contribution in [0.15, 0.2) is 36.4 Å². The molecular formula is C17H22N4O. The molecule has 0 unspecified atom stereocenters. The molecule has 0 saturated heterocycles. The minimum Gasteiger partial charge on any atom is -0.368 e. The fourth-order valence-corrected chi connectivity index (χ4v) is 2.41. The molecule has 0 spiro atoms. The Bertz CT molecular complexity index is 650. The molecule has 0 aliphatic heterocycles. The number of benzene rings is 1. The van der Waals surface area contributed by atoms with Crippen LogP contribution in [0.1, 0.15) is 35.5 Å². The van der Waals surface area contributed by atoms with Crippen LogP contribution >= 0.6 is 0 Å². The molecule has 0 aliphatic carbocycles. The van der Waals surface area contributed by atoms with E-state index in [-0.39, 0.29) is 11.3 Å². The molecule has 5 nitrogen and oxygen atoms in total. The zero-order valence-corrected chi connectivity index (χ0v) is 13.5. The van der Waals surface area contributed by atoms with E-state index in [1.54, 1.807) is 19.2 Å². The molecule has 0 atom stereocenters. The van der Waals surface area contributed by atoms with Gasteiger partial charge in [-0.15, -0.1) is 10.2 Å². The first-order valence-corrected chi connectivity index (χ1v) is 7.30. The summed E-state index contributed by atoms with van der Waals surface area (Å²) in [7, 11) is 1.57. The Balaban J connectivity index is 2.06. The van der Waals surface area contributed by atoms with Crippen molar-refractivity contribution in [3.63, 3.8) is 0 Å². The van der Waals surface area contributed by atoms with Crippen molar-refractivity contribution >= 4 is 11.7 Å². The van der Waals surface area contributed by atoms with Crippen molar-refractivity contribution in [1.82, 2.24) is 15.5 Å². The number of amides is 1. The Morgan fingerprint density at radius 2 is 1.86 bits per heavy atom. The predicted molar refractivity (Wildman–Crippen MR) is 88.1 cm³/mol. The number of nitrogens with one attached hydrogen (secondary N) is 2. The lowest BCUT2D eigenvalue weighted by atomic mass is 9.82. The maximum absolute atomic E-state index is 11.4. The van der Waals surface area contributed by atoms with E-state index in [1.165, 1.54) is 11.1 Å². The average molecular weight is 298 g/mol. The van der Waals surface area contributed by atoms with Gasteiger partial charge in [0.05, 0.1) is 0 Å². The zero-order valence-electron chi connectivity index (χ0n) is 13.5. The quantitative estimate of drug-likeness (QED) is 0.890. The number of carbonyl (C=O) groups excluding carboxylic acids is 1. The average Bonchev–Trinajstić information content (AvgIpc) is 2.53. The van der Waals surface area contributed by atoms with Crippen LogP contribution in [0.3, 0.4) is 0 Å². The third kappa shape index (κ3) is 3.61. The summed E-state index contributed by atoms with van der Waals surface area (Å²) < 4.78 is 0. The van der Waals surface area contributed by atoms with Crippen LogP contribution in [-0.2, 0) is 5.41 Å². The van der Waals surface area contributed by atoms with Gasteiger partial charge in [-0.1, -0.05) is 38.1 Å². The number of anilines is 1. The number of nitrogens with zero attached hydrogens (tertiary/aromatic N) is 2. The molecule has 116 valence electrons. The Labute approximate surface area is 131 Å². The molecule has 1 aromatic carbocycles.